The van der Waals surface area contributed by atoms with Crippen LogP contribution in [0, 0.1) is 0 Å². The fraction of sp³-hybridized carbons (Fsp3) is 0.400. The molecule has 0 saturated carbocycles. The van der Waals surface area contributed by atoms with Crippen molar-refractivity contribution in [2.75, 3.05) is 0 Å². The van der Waals surface area contributed by atoms with Crippen molar-refractivity contribution in [1.82, 2.24) is 9.78 Å². The summed E-state index contributed by atoms with van der Waals surface area (Å²) in [4.78, 5) is 0. The third-order valence-electron chi connectivity index (χ3n) is 1.02. The Balaban J connectivity index is 2.84. The lowest BCUT2D eigenvalue weighted by molar-refractivity contribution is -0.387. The van der Waals surface area contributed by atoms with E-state index in [1.165, 1.54) is 0 Å². The van der Waals surface area contributed by atoms with E-state index >= 15 is 0 Å². The van der Waals surface area contributed by atoms with Crippen molar-refractivity contribution in [1.29, 1.82) is 0 Å². The van der Waals surface area contributed by atoms with Gasteiger partial charge in [0.25, 0.3) is 0 Å². The highest BCUT2D eigenvalue weighted by molar-refractivity contribution is 4.95. The molecule has 0 unspecified atom stereocenters. The summed E-state index contributed by atoms with van der Waals surface area (Å²) < 4.78 is 1.78. The molecule has 8 heavy (non-hydrogen) atoms. The van der Waals surface area contributed by atoms with Gasteiger partial charge in [0.15, 0.2) is 0 Å². The third-order valence-corrected chi connectivity index (χ3v) is 1.02. The standard InChI is InChI=1S/C5H9N3/c1-8-3-2-5(4-6)7-8/h2-3H,4,6H2,1H3/p+1. The second kappa shape index (κ2) is 1.96. The molecule has 0 atom stereocenters. The first kappa shape index (κ1) is 5.31. The number of nitrogens with zero attached hydrogens (tertiary/aromatic N) is 2. The number of aryl methyl sites for hydroxylation is 1. The van der Waals surface area contributed by atoms with Crippen LogP contribution in [-0.4, -0.2) is 9.78 Å². The summed E-state index contributed by atoms with van der Waals surface area (Å²) in [6, 6.07) is 1.97. The minimum Gasteiger partial charge on any atom is -0.352 e. The Morgan fingerprint density at radius 3 is 2.88 bits per heavy atom. The Kier molecular flexibility index (Phi) is 1.30. The summed E-state index contributed by atoms with van der Waals surface area (Å²) >= 11 is 0. The number of hydrogen-bond acceptors (Lipinski definition) is 1. The molecule has 44 valence electrons. The van der Waals surface area contributed by atoms with Crippen LogP contribution in [0.3, 0.4) is 0 Å². The van der Waals surface area contributed by atoms with Crippen molar-refractivity contribution in [3.8, 4) is 0 Å². The van der Waals surface area contributed by atoms with Gasteiger partial charge < -0.3 is 5.73 Å². The van der Waals surface area contributed by atoms with Gasteiger partial charge in [-0.2, -0.15) is 5.10 Å². The zero-order valence-corrected chi connectivity index (χ0v) is 4.96. The first-order chi connectivity index (χ1) is 3.83. The maximum atomic E-state index is 4.08. The molecule has 0 fully saturated rings. The molecule has 1 heterocycles. The second-order valence-electron chi connectivity index (χ2n) is 1.73. The van der Waals surface area contributed by atoms with Crippen molar-refractivity contribution < 1.29 is 5.73 Å². The van der Waals surface area contributed by atoms with Crippen LogP contribution in [0.4, 0.5) is 0 Å². The molecule has 0 aliphatic carbocycles. The molecule has 0 bridgehead atoms. The molecule has 0 spiro atoms. The van der Waals surface area contributed by atoms with Crippen LogP contribution in [0.15, 0.2) is 12.3 Å². The van der Waals surface area contributed by atoms with Gasteiger partial charge in [0.1, 0.15) is 12.2 Å². The quantitative estimate of drug-likeness (QED) is 0.506. The maximum absolute atomic E-state index is 4.08. The summed E-state index contributed by atoms with van der Waals surface area (Å²) in [6.45, 7) is 0.779. The van der Waals surface area contributed by atoms with E-state index in [1.54, 1.807) is 4.68 Å². The van der Waals surface area contributed by atoms with Crippen LogP contribution < -0.4 is 5.73 Å². The van der Waals surface area contributed by atoms with Gasteiger partial charge in [-0.3, -0.25) is 4.68 Å². The normalized spacial score (nSPS) is 9.75. The molecule has 1 aromatic heterocycles. The third kappa shape index (κ3) is 0.869. The lowest BCUT2D eigenvalue weighted by Gasteiger charge is -1.82. The Labute approximate surface area is 48.1 Å². The predicted molar refractivity (Wildman–Crippen MR) is 29.8 cm³/mol. The van der Waals surface area contributed by atoms with Crippen molar-refractivity contribution in [3.05, 3.63) is 18.0 Å². The van der Waals surface area contributed by atoms with Gasteiger partial charge in [0.05, 0.1) is 0 Å². The van der Waals surface area contributed by atoms with E-state index < -0.39 is 0 Å². The van der Waals surface area contributed by atoms with Gasteiger partial charge in [0, 0.05) is 13.2 Å². The highest BCUT2D eigenvalue weighted by Gasteiger charge is 1.91. The van der Waals surface area contributed by atoms with Crippen LogP contribution in [0.2, 0.25) is 0 Å². The average molecular weight is 112 g/mol. The zero-order valence-electron chi connectivity index (χ0n) is 4.96. The molecule has 0 aliphatic heterocycles. The zero-order chi connectivity index (χ0) is 5.98. The first-order valence-electron chi connectivity index (χ1n) is 2.60. The van der Waals surface area contributed by atoms with E-state index in [2.05, 4.69) is 10.8 Å². The molecular weight excluding hydrogens is 102 g/mol. The minimum atomic E-state index is 0.779. The number of quaternary nitrogens is 1. The molecule has 0 saturated heterocycles. The van der Waals surface area contributed by atoms with Gasteiger partial charge in [-0.1, -0.05) is 0 Å². The van der Waals surface area contributed by atoms with Crippen molar-refractivity contribution in [2.24, 2.45) is 7.05 Å². The van der Waals surface area contributed by atoms with E-state index in [0.717, 1.165) is 12.2 Å². The molecule has 0 aromatic carbocycles. The molecule has 3 N–H and O–H groups in total. The van der Waals surface area contributed by atoms with Crippen molar-refractivity contribution >= 4 is 0 Å². The Bertz CT molecular complexity index is 168. The van der Waals surface area contributed by atoms with Crippen LogP contribution >= 0.6 is 0 Å². The minimum absolute atomic E-state index is 0.779. The van der Waals surface area contributed by atoms with Crippen molar-refractivity contribution in [2.45, 2.75) is 6.54 Å². The van der Waals surface area contributed by atoms with Crippen LogP contribution in [0.1, 0.15) is 5.69 Å². The molecule has 0 aliphatic rings. The van der Waals surface area contributed by atoms with Crippen molar-refractivity contribution in [3.63, 3.8) is 0 Å². The maximum Gasteiger partial charge on any atom is 0.119 e. The van der Waals surface area contributed by atoms with Gasteiger partial charge in [-0.05, 0) is 6.07 Å². The van der Waals surface area contributed by atoms with Crippen LogP contribution in [0.5, 0.6) is 0 Å². The predicted octanol–water partition coefficient (Wildman–Crippen LogP) is -0.838. The number of rotatable bonds is 1. The molecule has 3 nitrogen and oxygen atoms in total. The smallest absolute Gasteiger partial charge is 0.119 e. The van der Waals surface area contributed by atoms with E-state index in [0.29, 0.717) is 0 Å². The fourth-order valence-corrected chi connectivity index (χ4v) is 0.597. The van der Waals surface area contributed by atoms with E-state index in [9.17, 15) is 0 Å². The lowest BCUT2D eigenvalue weighted by atomic mass is 10.4. The number of hydrogen-bond donors (Lipinski definition) is 1. The van der Waals surface area contributed by atoms with Gasteiger partial charge in [0.2, 0.25) is 0 Å². The monoisotopic (exact) mass is 112 g/mol. The summed E-state index contributed by atoms with van der Waals surface area (Å²) in [5.74, 6) is 0. The molecule has 3 heteroatoms. The molecule has 1 rings (SSSR count). The Hall–Kier alpha value is -0.830. The van der Waals surface area contributed by atoms with E-state index in [-0.39, 0.29) is 0 Å². The number of aromatic nitrogens is 2. The van der Waals surface area contributed by atoms with Crippen LogP contribution in [0.25, 0.3) is 0 Å². The first-order valence-corrected chi connectivity index (χ1v) is 2.60. The Morgan fingerprint density at radius 2 is 2.62 bits per heavy atom. The van der Waals surface area contributed by atoms with Gasteiger partial charge in [-0.15, -0.1) is 0 Å². The molecular formula is C5H10N3+. The largest absolute Gasteiger partial charge is 0.352 e. The topological polar surface area (TPSA) is 45.5 Å². The van der Waals surface area contributed by atoms with E-state index in [1.807, 2.05) is 19.3 Å². The summed E-state index contributed by atoms with van der Waals surface area (Å²) in [7, 11) is 1.90. The average Bonchev–Trinajstić information content (AvgIpc) is 2.14. The summed E-state index contributed by atoms with van der Waals surface area (Å²) in [5, 5.41) is 4.08. The van der Waals surface area contributed by atoms with Gasteiger partial charge >= 0.3 is 0 Å². The highest BCUT2D eigenvalue weighted by Crippen LogP contribution is 1.88. The summed E-state index contributed by atoms with van der Waals surface area (Å²) in [6.07, 6.45) is 1.92. The Morgan fingerprint density at radius 1 is 1.88 bits per heavy atom. The fourth-order valence-electron chi connectivity index (χ4n) is 0.597. The lowest BCUT2D eigenvalue weighted by Crippen LogP contribution is -2.47. The summed E-state index contributed by atoms with van der Waals surface area (Å²) in [5.41, 5.74) is 4.74. The molecule has 0 radical (unpaired) electrons. The highest BCUT2D eigenvalue weighted by atomic mass is 15.2. The molecule has 0 amide bonds. The van der Waals surface area contributed by atoms with Gasteiger partial charge in [-0.25, -0.2) is 0 Å². The SMILES string of the molecule is Cn1ccc(C[NH3+])n1. The second-order valence-corrected chi connectivity index (χ2v) is 1.73. The van der Waals surface area contributed by atoms with Crippen LogP contribution in [-0.2, 0) is 13.6 Å². The van der Waals surface area contributed by atoms with E-state index in [4.69, 9.17) is 0 Å². The molecule has 1 aromatic rings.